The van der Waals surface area contributed by atoms with Gasteiger partial charge in [-0.1, -0.05) is 23.8 Å². The number of carbonyl (C=O) groups is 3. The molecule has 0 bridgehead atoms. The second-order valence-electron chi connectivity index (χ2n) is 6.44. The third kappa shape index (κ3) is 4.98. The molecule has 25 heavy (non-hydrogen) atoms. The summed E-state index contributed by atoms with van der Waals surface area (Å²) in [5.74, 6) is -1.83. The van der Waals surface area contributed by atoms with Crippen LogP contribution >= 0.6 is 0 Å². The van der Waals surface area contributed by atoms with Crippen LogP contribution in [0.15, 0.2) is 47.1 Å². The van der Waals surface area contributed by atoms with E-state index in [1.165, 1.54) is 18.1 Å². The van der Waals surface area contributed by atoms with Crippen LogP contribution in [0.4, 0.5) is 0 Å². The number of likely N-dealkylation sites (N-methyl/N-ethyl adjacent to an activating group) is 1. The summed E-state index contributed by atoms with van der Waals surface area (Å²) >= 11 is 0. The highest BCUT2D eigenvalue weighted by molar-refractivity contribution is 6.45. The largest absolute Gasteiger partial charge is 0.376 e. The van der Waals surface area contributed by atoms with Gasteiger partial charge in [0.15, 0.2) is 0 Å². The van der Waals surface area contributed by atoms with E-state index in [1.54, 1.807) is 51.1 Å². The molecule has 132 valence electrons. The zero-order chi connectivity index (χ0) is 18.6. The van der Waals surface area contributed by atoms with Crippen molar-refractivity contribution in [3.05, 3.63) is 47.7 Å². The van der Waals surface area contributed by atoms with E-state index in [1.807, 2.05) is 0 Å². The Kier molecular flexibility index (Phi) is 5.33. The van der Waals surface area contributed by atoms with Crippen molar-refractivity contribution in [3.8, 4) is 0 Å². The molecule has 1 fully saturated rings. The number of benzene rings is 1. The molecule has 0 radical (unpaired) electrons. The van der Waals surface area contributed by atoms with Crippen molar-refractivity contribution in [2.24, 2.45) is 4.99 Å². The lowest BCUT2D eigenvalue weighted by Crippen LogP contribution is -2.44. The van der Waals surface area contributed by atoms with Crippen molar-refractivity contribution in [2.45, 2.75) is 26.3 Å². The maximum Gasteiger partial charge on any atom is 0.376 e. The molecular formula is C17H20N4O4. The van der Waals surface area contributed by atoms with E-state index in [0.717, 1.165) is 0 Å². The molecule has 8 nitrogen and oxygen atoms in total. The van der Waals surface area contributed by atoms with Crippen LogP contribution in [0.1, 0.15) is 31.1 Å². The van der Waals surface area contributed by atoms with Gasteiger partial charge < -0.3 is 10.2 Å². The highest BCUT2D eigenvalue weighted by Gasteiger charge is 2.27. The molecule has 1 heterocycles. The van der Waals surface area contributed by atoms with Gasteiger partial charge in [-0.15, -0.1) is 0 Å². The van der Waals surface area contributed by atoms with Crippen molar-refractivity contribution < 1.29 is 19.2 Å². The molecule has 1 aromatic carbocycles. The summed E-state index contributed by atoms with van der Waals surface area (Å²) in [6, 6.07) is 8.35. The minimum absolute atomic E-state index is 0.0590. The molecule has 0 saturated carbocycles. The minimum atomic E-state index is -0.675. The Morgan fingerprint density at radius 1 is 1.24 bits per heavy atom. The number of hydrogen-bond acceptors (Lipinski definition) is 6. The lowest BCUT2D eigenvalue weighted by atomic mass is 10.1. The summed E-state index contributed by atoms with van der Waals surface area (Å²) in [5, 5.41) is 4.01. The Morgan fingerprint density at radius 3 is 2.40 bits per heavy atom. The van der Waals surface area contributed by atoms with Gasteiger partial charge in [0.25, 0.3) is 11.8 Å². The van der Waals surface area contributed by atoms with Crippen LogP contribution in [0.2, 0.25) is 0 Å². The Hall–Kier alpha value is -3.00. The summed E-state index contributed by atoms with van der Waals surface area (Å²) in [7, 11) is 1.54. The molecule has 0 unspecified atom stereocenters. The van der Waals surface area contributed by atoms with Crippen LogP contribution in [-0.4, -0.2) is 41.1 Å². The second kappa shape index (κ2) is 7.27. The van der Waals surface area contributed by atoms with Gasteiger partial charge in [0, 0.05) is 24.2 Å². The molecule has 0 aromatic heterocycles. The topological polar surface area (TPSA) is 100 Å². The predicted octanol–water partition coefficient (Wildman–Crippen LogP) is 0.975. The van der Waals surface area contributed by atoms with Crippen molar-refractivity contribution in [1.82, 2.24) is 15.9 Å². The van der Waals surface area contributed by atoms with E-state index in [9.17, 15) is 14.4 Å². The van der Waals surface area contributed by atoms with Crippen LogP contribution < -0.4 is 10.9 Å². The number of nitrogens with zero attached hydrogens (tertiary/aromatic N) is 2. The third-order valence-corrected chi connectivity index (χ3v) is 3.08. The van der Waals surface area contributed by atoms with Crippen molar-refractivity contribution in [3.63, 3.8) is 0 Å². The Labute approximate surface area is 145 Å². The molecule has 1 aromatic rings. The van der Waals surface area contributed by atoms with E-state index in [-0.39, 0.29) is 11.4 Å². The second-order valence-corrected chi connectivity index (χ2v) is 6.44. The van der Waals surface area contributed by atoms with E-state index >= 15 is 0 Å². The lowest BCUT2D eigenvalue weighted by Gasteiger charge is -2.20. The molecule has 1 aliphatic heterocycles. The molecule has 2 amide bonds. The van der Waals surface area contributed by atoms with E-state index in [2.05, 4.69) is 20.7 Å². The van der Waals surface area contributed by atoms with Gasteiger partial charge in [-0.3, -0.25) is 14.6 Å². The van der Waals surface area contributed by atoms with Gasteiger partial charge in [-0.2, -0.15) is 0 Å². The van der Waals surface area contributed by atoms with Gasteiger partial charge in [-0.05, 0) is 32.9 Å². The maximum absolute atomic E-state index is 12.5. The fourth-order valence-electron chi connectivity index (χ4n) is 1.94. The van der Waals surface area contributed by atoms with Crippen molar-refractivity contribution in [1.29, 1.82) is 0 Å². The molecule has 0 spiro atoms. The lowest BCUT2D eigenvalue weighted by molar-refractivity contribution is -0.142. The van der Waals surface area contributed by atoms with E-state index < -0.39 is 23.3 Å². The van der Waals surface area contributed by atoms with Crippen LogP contribution in [0.25, 0.3) is 0 Å². The molecule has 8 heteroatoms. The van der Waals surface area contributed by atoms with Crippen molar-refractivity contribution >= 4 is 23.5 Å². The summed E-state index contributed by atoms with van der Waals surface area (Å²) in [4.78, 5) is 45.1. The fraction of sp³-hybridized carbons (Fsp3) is 0.294. The zero-order valence-electron chi connectivity index (χ0n) is 14.5. The Bertz CT molecular complexity index is 748. The standard InChI is InChI=1S/C17H20N4O4/c1-17(2,3)19-15(23)12(10-13-16(24)25-20-21(13)4)18-14(22)11-8-6-5-7-9-11/h5-10,20H,1-4H3,(H,19,23)/b13-10+,18-12?. The quantitative estimate of drug-likeness (QED) is 0.626. The Balaban J connectivity index is 2.40. The van der Waals surface area contributed by atoms with E-state index in [4.69, 9.17) is 0 Å². The molecular weight excluding hydrogens is 324 g/mol. The van der Waals surface area contributed by atoms with Crippen LogP contribution in [0, 0.1) is 0 Å². The first-order chi connectivity index (χ1) is 11.7. The van der Waals surface area contributed by atoms with Gasteiger partial charge in [0.1, 0.15) is 11.4 Å². The molecule has 0 atom stereocenters. The summed E-state index contributed by atoms with van der Waals surface area (Å²) in [5.41, 5.74) is 2.01. The van der Waals surface area contributed by atoms with Crippen LogP contribution in [0.5, 0.6) is 0 Å². The highest BCUT2D eigenvalue weighted by atomic mass is 16.7. The average Bonchev–Trinajstić information content (AvgIpc) is 2.85. The summed E-state index contributed by atoms with van der Waals surface area (Å²) in [6.07, 6.45) is 1.21. The molecule has 1 saturated heterocycles. The number of amides is 2. The number of carbonyl (C=O) groups excluding carboxylic acids is 3. The van der Waals surface area contributed by atoms with Crippen molar-refractivity contribution in [2.75, 3.05) is 7.05 Å². The third-order valence-electron chi connectivity index (χ3n) is 3.08. The van der Waals surface area contributed by atoms with Gasteiger partial charge in [-0.25, -0.2) is 9.79 Å². The monoisotopic (exact) mass is 344 g/mol. The fourth-order valence-corrected chi connectivity index (χ4v) is 1.94. The molecule has 0 aliphatic carbocycles. The number of aliphatic imine (C=N–C) groups is 1. The van der Waals surface area contributed by atoms with Gasteiger partial charge >= 0.3 is 5.97 Å². The molecule has 2 N–H and O–H groups in total. The van der Waals surface area contributed by atoms with Crippen LogP contribution in [-0.2, 0) is 14.4 Å². The SMILES string of the molecule is CN1NOC(=O)/C1=C\C(=NC(=O)c1ccccc1)C(=O)NC(C)(C)C. The Morgan fingerprint density at radius 2 is 1.88 bits per heavy atom. The van der Waals surface area contributed by atoms with E-state index in [0.29, 0.717) is 5.56 Å². The summed E-state index contributed by atoms with van der Waals surface area (Å²) < 4.78 is 0. The normalized spacial score (nSPS) is 16.8. The van der Waals surface area contributed by atoms with Gasteiger partial charge in [0.05, 0.1) is 0 Å². The maximum atomic E-state index is 12.5. The number of hydrogen-bond donors (Lipinski definition) is 2. The zero-order valence-corrected chi connectivity index (χ0v) is 14.5. The first-order valence-corrected chi connectivity index (χ1v) is 7.60. The number of rotatable bonds is 3. The smallest absolute Gasteiger partial charge is 0.346 e. The first-order valence-electron chi connectivity index (χ1n) is 7.60. The molecule has 2 rings (SSSR count). The number of hydrazine groups is 1. The van der Waals surface area contributed by atoms with Crippen LogP contribution in [0.3, 0.4) is 0 Å². The first kappa shape index (κ1) is 18.3. The van der Waals surface area contributed by atoms with Gasteiger partial charge in [0.2, 0.25) is 0 Å². The minimum Gasteiger partial charge on any atom is -0.346 e. The summed E-state index contributed by atoms with van der Waals surface area (Å²) in [6.45, 7) is 5.39. The average molecular weight is 344 g/mol. The number of nitrogens with one attached hydrogen (secondary N) is 2. The predicted molar refractivity (Wildman–Crippen MR) is 91.2 cm³/mol. The molecule has 1 aliphatic rings. The highest BCUT2D eigenvalue weighted by Crippen LogP contribution is 2.10.